The van der Waals surface area contributed by atoms with E-state index < -0.39 is 0 Å². The van der Waals surface area contributed by atoms with Crippen molar-refractivity contribution in [3.63, 3.8) is 0 Å². The summed E-state index contributed by atoms with van der Waals surface area (Å²) >= 11 is 1.28. The van der Waals surface area contributed by atoms with Gasteiger partial charge in [-0.2, -0.15) is 0 Å². The maximum atomic E-state index is 12.4. The Morgan fingerprint density at radius 3 is 2.66 bits per heavy atom. The molecule has 1 heterocycles. The zero-order valence-corrected chi connectivity index (χ0v) is 17.9. The van der Waals surface area contributed by atoms with E-state index in [9.17, 15) is 9.59 Å². The van der Waals surface area contributed by atoms with Crippen molar-refractivity contribution in [2.75, 3.05) is 19.0 Å². The Bertz CT molecular complexity index is 858. The minimum Gasteiger partial charge on any atom is -0.493 e. The molecular formula is C22H28N2O4S. The molecule has 0 spiro atoms. The van der Waals surface area contributed by atoms with Crippen LogP contribution < -0.4 is 20.1 Å². The van der Waals surface area contributed by atoms with Crippen LogP contribution in [0.25, 0.3) is 0 Å². The number of carbonyl (C=O) groups is 2. The van der Waals surface area contributed by atoms with Crippen LogP contribution in [0.4, 0.5) is 5.00 Å². The molecule has 1 aromatic carbocycles. The van der Waals surface area contributed by atoms with Gasteiger partial charge in [0.05, 0.1) is 23.6 Å². The third-order valence-electron chi connectivity index (χ3n) is 4.66. The molecule has 0 unspecified atom stereocenters. The van der Waals surface area contributed by atoms with Gasteiger partial charge >= 0.3 is 0 Å². The van der Waals surface area contributed by atoms with Crippen LogP contribution in [0, 0.1) is 11.8 Å². The fourth-order valence-corrected chi connectivity index (χ4v) is 3.54. The minimum atomic E-state index is -0.168. The van der Waals surface area contributed by atoms with Gasteiger partial charge in [-0.25, -0.2) is 0 Å². The first-order valence-electron chi connectivity index (χ1n) is 9.95. The third kappa shape index (κ3) is 6.22. The quantitative estimate of drug-likeness (QED) is 0.599. The average Bonchev–Trinajstić information content (AvgIpc) is 3.46. The lowest BCUT2D eigenvalue weighted by atomic mass is 10.1. The second-order valence-electron chi connectivity index (χ2n) is 7.63. The van der Waals surface area contributed by atoms with Gasteiger partial charge in [0.25, 0.3) is 5.91 Å². The predicted molar refractivity (Wildman–Crippen MR) is 115 cm³/mol. The number of benzene rings is 1. The molecule has 0 aliphatic heterocycles. The first kappa shape index (κ1) is 21.2. The summed E-state index contributed by atoms with van der Waals surface area (Å²) in [5, 5.41) is 6.48. The zero-order chi connectivity index (χ0) is 20.8. The topological polar surface area (TPSA) is 76.7 Å². The molecule has 2 N–H and O–H groups in total. The van der Waals surface area contributed by atoms with E-state index in [1.807, 2.05) is 18.2 Å². The van der Waals surface area contributed by atoms with Crippen molar-refractivity contribution < 1.29 is 19.1 Å². The van der Waals surface area contributed by atoms with Crippen molar-refractivity contribution >= 4 is 28.2 Å². The average molecular weight is 417 g/mol. The molecule has 0 bridgehead atoms. The van der Waals surface area contributed by atoms with Crippen LogP contribution in [-0.4, -0.2) is 25.5 Å². The molecule has 29 heavy (non-hydrogen) atoms. The van der Waals surface area contributed by atoms with Gasteiger partial charge in [0, 0.05) is 12.5 Å². The van der Waals surface area contributed by atoms with Gasteiger partial charge in [0.15, 0.2) is 11.5 Å². The van der Waals surface area contributed by atoms with Crippen molar-refractivity contribution in [3.8, 4) is 11.5 Å². The highest BCUT2D eigenvalue weighted by Crippen LogP contribution is 2.32. The number of ether oxygens (including phenoxy) is 2. The van der Waals surface area contributed by atoms with Crippen molar-refractivity contribution in [1.82, 2.24) is 5.32 Å². The summed E-state index contributed by atoms with van der Waals surface area (Å²) < 4.78 is 11.2. The van der Waals surface area contributed by atoms with E-state index in [1.165, 1.54) is 11.3 Å². The lowest BCUT2D eigenvalue weighted by Gasteiger charge is -2.13. The van der Waals surface area contributed by atoms with Gasteiger partial charge in [0.2, 0.25) is 5.91 Å². The van der Waals surface area contributed by atoms with E-state index in [4.69, 9.17) is 9.47 Å². The van der Waals surface area contributed by atoms with E-state index in [2.05, 4.69) is 24.5 Å². The van der Waals surface area contributed by atoms with Crippen LogP contribution in [0.3, 0.4) is 0 Å². The predicted octanol–water partition coefficient (Wildman–Crippen LogP) is 4.46. The fraction of sp³-hybridized carbons (Fsp3) is 0.455. The van der Waals surface area contributed by atoms with Crippen LogP contribution in [0.5, 0.6) is 11.5 Å². The standard InChI is InChI=1S/C22H28N2O4S/c1-14(2)10-11-28-17-7-4-15(12-18(17)27-3)13-23-22(26)19-8-9-20(29-19)24-21(25)16-5-6-16/h4,7-9,12,14,16H,5-6,10-11,13H2,1-3H3,(H,23,26)(H,24,25). The molecular weight excluding hydrogens is 388 g/mol. The molecule has 7 heteroatoms. The maximum absolute atomic E-state index is 12.4. The summed E-state index contributed by atoms with van der Waals surface area (Å²) in [6.07, 6.45) is 2.88. The lowest BCUT2D eigenvalue weighted by Crippen LogP contribution is -2.21. The smallest absolute Gasteiger partial charge is 0.261 e. The third-order valence-corrected chi connectivity index (χ3v) is 5.66. The molecule has 1 aliphatic rings. The number of nitrogens with one attached hydrogen (secondary N) is 2. The van der Waals surface area contributed by atoms with E-state index in [0.717, 1.165) is 24.8 Å². The van der Waals surface area contributed by atoms with Gasteiger partial charge in [-0.15, -0.1) is 11.3 Å². The monoisotopic (exact) mass is 416 g/mol. The molecule has 1 aliphatic carbocycles. The molecule has 1 saturated carbocycles. The van der Waals surface area contributed by atoms with Crippen molar-refractivity contribution in [3.05, 3.63) is 40.8 Å². The van der Waals surface area contributed by atoms with E-state index >= 15 is 0 Å². The van der Waals surface area contributed by atoms with Crippen LogP contribution >= 0.6 is 11.3 Å². The molecule has 0 saturated heterocycles. The Kier molecular flexibility index (Phi) is 7.14. The number of methoxy groups -OCH3 is 1. The Hall–Kier alpha value is -2.54. The molecule has 1 aromatic heterocycles. The maximum Gasteiger partial charge on any atom is 0.261 e. The van der Waals surface area contributed by atoms with Crippen molar-refractivity contribution in [2.45, 2.75) is 39.7 Å². The lowest BCUT2D eigenvalue weighted by molar-refractivity contribution is -0.117. The molecule has 3 rings (SSSR count). The SMILES string of the molecule is COc1cc(CNC(=O)c2ccc(NC(=O)C3CC3)s2)ccc1OCCC(C)C. The number of amides is 2. The summed E-state index contributed by atoms with van der Waals surface area (Å²) in [4.78, 5) is 24.8. The molecule has 156 valence electrons. The van der Waals surface area contributed by atoms with Crippen LogP contribution in [-0.2, 0) is 11.3 Å². The van der Waals surface area contributed by atoms with E-state index in [-0.39, 0.29) is 17.7 Å². The largest absolute Gasteiger partial charge is 0.493 e. The van der Waals surface area contributed by atoms with Gasteiger partial charge in [-0.1, -0.05) is 19.9 Å². The number of rotatable bonds is 10. The summed E-state index contributed by atoms with van der Waals surface area (Å²) in [6, 6.07) is 9.17. The number of anilines is 1. The molecule has 2 amide bonds. The summed E-state index contributed by atoms with van der Waals surface area (Å²) in [5.74, 6) is 1.95. The highest BCUT2D eigenvalue weighted by molar-refractivity contribution is 7.18. The number of carbonyl (C=O) groups excluding carboxylic acids is 2. The van der Waals surface area contributed by atoms with Gasteiger partial charge in [0.1, 0.15) is 0 Å². The minimum absolute atomic E-state index is 0.0432. The number of hydrogen-bond donors (Lipinski definition) is 2. The molecule has 0 atom stereocenters. The molecule has 0 radical (unpaired) electrons. The highest BCUT2D eigenvalue weighted by atomic mass is 32.1. The summed E-state index contributed by atoms with van der Waals surface area (Å²) in [6.45, 7) is 5.33. The van der Waals surface area contributed by atoms with Crippen molar-refractivity contribution in [2.24, 2.45) is 11.8 Å². The second-order valence-corrected chi connectivity index (χ2v) is 8.71. The van der Waals surface area contributed by atoms with Crippen LogP contribution in [0.1, 0.15) is 48.3 Å². The number of hydrogen-bond acceptors (Lipinski definition) is 5. The van der Waals surface area contributed by atoms with Crippen LogP contribution in [0.15, 0.2) is 30.3 Å². The fourth-order valence-electron chi connectivity index (χ4n) is 2.71. The zero-order valence-electron chi connectivity index (χ0n) is 17.1. The first-order chi connectivity index (χ1) is 14.0. The second kappa shape index (κ2) is 9.78. The van der Waals surface area contributed by atoms with E-state index in [0.29, 0.717) is 40.4 Å². The van der Waals surface area contributed by atoms with Crippen LogP contribution in [0.2, 0.25) is 0 Å². The Labute approximate surface area is 175 Å². The Morgan fingerprint density at radius 2 is 1.97 bits per heavy atom. The van der Waals surface area contributed by atoms with Crippen molar-refractivity contribution in [1.29, 1.82) is 0 Å². The Balaban J connectivity index is 1.52. The van der Waals surface area contributed by atoms with Gasteiger partial charge < -0.3 is 20.1 Å². The van der Waals surface area contributed by atoms with E-state index in [1.54, 1.807) is 19.2 Å². The summed E-state index contributed by atoms with van der Waals surface area (Å²) in [7, 11) is 1.61. The Morgan fingerprint density at radius 1 is 1.17 bits per heavy atom. The first-order valence-corrected chi connectivity index (χ1v) is 10.8. The highest BCUT2D eigenvalue weighted by Gasteiger charge is 2.29. The number of thiophene rings is 1. The summed E-state index contributed by atoms with van der Waals surface area (Å²) in [5.41, 5.74) is 0.922. The molecule has 2 aromatic rings. The van der Waals surface area contributed by atoms with Gasteiger partial charge in [-0.05, 0) is 55.0 Å². The normalized spacial score (nSPS) is 13.2. The molecule has 1 fully saturated rings. The molecule has 6 nitrogen and oxygen atoms in total. The van der Waals surface area contributed by atoms with Gasteiger partial charge in [-0.3, -0.25) is 9.59 Å².